The van der Waals surface area contributed by atoms with Crippen molar-refractivity contribution >= 4 is 5.97 Å². The van der Waals surface area contributed by atoms with Gasteiger partial charge in [-0.15, -0.1) is 0 Å². The Balaban J connectivity index is 1.90. The number of esters is 1. The van der Waals surface area contributed by atoms with Crippen molar-refractivity contribution in [2.45, 2.75) is 32.6 Å². The summed E-state index contributed by atoms with van der Waals surface area (Å²) >= 11 is 0. The predicted octanol–water partition coefficient (Wildman–Crippen LogP) is 3.07. The Labute approximate surface area is 114 Å². The third kappa shape index (κ3) is 3.94. The van der Waals surface area contributed by atoms with Crippen LogP contribution in [0.1, 0.15) is 43.0 Å². The van der Waals surface area contributed by atoms with Gasteiger partial charge in [0.15, 0.2) is 0 Å². The first-order valence-electron chi connectivity index (χ1n) is 6.86. The molecule has 1 heterocycles. The number of hydrogen-bond donors (Lipinski definition) is 0. The molecule has 2 unspecified atom stereocenters. The third-order valence-corrected chi connectivity index (χ3v) is 3.67. The molecule has 1 aliphatic rings. The number of aromatic nitrogens is 1. The zero-order valence-electron chi connectivity index (χ0n) is 11.6. The second-order valence-electron chi connectivity index (χ2n) is 5.32. The van der Waals surface area contributed by atoms with Gasteiger partial charge in [0.25, 0.3) is 0 Å². The molecule has 0 bridgehead atoms. The first-order valence-corrected chi connectivity index (χ1v) is 6.86. The fourth-order valence-electron chi connectivity index (χ4n) is 2.65. The smallest absolute Gasteiger partial charge is 0.338 e. The molecule has 0 radical (unpaired) electrons. The Morgan fingerprint density at radius 1 is 1.47 bits per heavy atom. The van der Waals surface area contributed by atoms with Crippen LogP contribution in [0.2, 0.25) is 0 Å². The number of ether oxygens (including phenoxy) is 2. The fourth-order valence-corrected chi connectivity index (χ4v) is 2.65. The van der Waals surface area contributed by atoms with E-state index in [9.17, 15) is 4.79 Å². The Hall–Kier alpha value is -1.58. The van der Waals surface area contributed by atoms with Gasteiger partial charge >= 0.3 is 5.97 Å². The second-order valence-corrected chi connectivity index (χ2v) is 5.32. The molecule has 2 atom stereocenters. The Bertz CT molecular complexity index is 433. The number of carbonyl (C=O) groups is 1. The van der Waals surface area contributed by atoms with E-state index in [1.807, 2.05) is 0 Å². The molecule has 1 aromatic rings. The maximum absolute atomic E-state index is 11.4. The van der Waals surface area contributed by atoms with Crippen LogP contribution in [0.15, 0.2) is 18.3 Å². The summed E-state index contributed by atoms with van der Waals surface area (Å²) in [5.74, 6) is 1.53. The van der Waals surface area contributed by atoms with Gasteiger partial charge in [0, 0.05) is 12.3 Å². The maximum atomic E-state index is 11.4. The predicted molar refractivity (Wildman–Crippen MR) is 72.2 cm³/mol. The number of carbonyl (C=O) groups excluding carboxylic acids is 1. The van der Waals surface area contributed by atoms with E-state index in [1.54, 1.807) is 18.3 Å². The summed E-state index contributed by atoms with van der Waals surface area (Å²) in [7, 11) is 1.37. The van der Waals surface area contributed by atoms with Crippen molar-refractivity contribution in [1.29, 1.82) is 0 Å². The monoisotopic (exact) mass is 263 g/mol. The lowest BCUT2D eigenvalue weighted by molar-refractivity contribution is 0.0600. The van der Waals surface area contributed by atoms with E-state index in [1.165, 1.54) is 32.8 Å². The summed E-state index contributed by atoms with van der Waals surface area (Å²) in [4.78, 5) is 15.5. The van der Waals surface area contributed by atoms with E-state index in [-0.39, 0.29) is 5.97 Å². The standard InChI is InChI=1S/C15H21NO3/c1-11-4-3-5-12(8-11)10-19-14-9-13(6-7-16-14)15(17)18-2/h6-7,9,11-12H,3-5,8,10H2,1-2H3. The lowest BCUT2D eigenvalue weighted by Gasteiger charge is -2.26. The Kier molecular flexibility index (Phi) is 4.77. The number of nitrogens with zero attached hydrogens (tertiary/aromatic N) is 1. The zero-order chi connectivity index (χ0) is 13.7. The van der Waals surface area contributed by atoms with Gasteiger partial charge < -0.3 is 9.47 Å². The maximum Gasteiger partial charge on any atom is 0.338 e. The molecule has 104 valence electrons. The van der Waals surface area contributed by atoms with Crippen LogP contribution in [-0.2, 0) is 4.74 Å². The number of pyridine rings is 1. The minimum Gasteiger partial charge on any atom is -0.477 e. The highest BCUT2D eigenvalue weighted by molar-refractivity contribution is 5.89. The molecule has 0 amide bonds. The summed E-state index contributed by atoms with van der Waals surface area (Å²) in [6, 6.07) is 3.26. The van der Waals surface area contributed by atoms with Gasteiger partial charge in [-0.1, -0.05) is 19.8 Å². The Morgan fingerprint density at radius 3 is 3.05 bits per heavy atom. The lowest BCUT2D eigenvalue weighted by atomic mass is 9.83. The van der Waals surface area contributed by atoms with Gasteiger partial charge in [0.05, 0.1) is 19.3 Å². The van der Waals surface area contributed by atoms with Crippen LogP contribution in [-0.4, -0.2) is 24.7 Å². The molecule has 4 nitrogen and oxygen atoms in total. The van der Waals surface area contributed by atoms with Crippen molar-refractivity contribution in [1.82, 2.24) is 4.98 Å². The van der Waals surface area contributed by atoms with Crippen LogP contribution < -0.4 is 4.74 Å². The van der Waals surface area contributed by atoms with Crippen LogP contribution in [0.4, 0.5) is 0 Å². The average Bonchev–Trinajstić information content (AvgIpc) is 2.45. The fraction of sp³-hybridized carbons (Fsp3) is 0.600. The SMILES string of the molecule is COC(=O)c1ccnc(OCC2CCCC(C)C2)c1. The molecular weight excluding hydrogens is 242 g/mol. The first kappa shape index (κ1) is 13.8. The highest BCUT2D eigenvalue weighted by atomic mass is 16.5. The molecule has 4 heteroatoms. The second kappa shape index (κ2) is 6.55. The van der Waals surface area contributed by atoms with Crippen LogP contribution in [0.5, 0.6) is 5.88 Å². The van der Waals surface area contributed by atoms with Crippen molar-refractivity contribution in [2.75, 3.05) is 13.7 Å². The average molecular weight is 263 g/mol. The van der Waals surface area contributed by atoms with Crippen LogP contribution in [0, 0.1) is 11.8 Å². The van der Waals surface area contributed by atoms with Gasteiger partial charge in [0.1, 0.15) is 0 Å². The summed E-state index contributed by atoms with van der Waals surface area (Å²) in [6.07, 6.45) is 6.63. The molecule has 0 aliphatic heterocycles. The molecule has 1 fully saturated rings. The molecule has 1 aromatic heterocycles. The third-order valence-electron chi connectivity index (χ3n) is 3.67. The first-order chi connectivity index (χ1) is 9.19. The summed E-state index contributed by atoms with van der Waals surface area (Å²) in [6.45, 7) is 2.98. The molecule has 2 rings (SSSR count). The van der Waals surface area contributed by atoms with Crippen molar-refractivity contribution in [3.63, 3.8) is 0 Å². The Morgan fingerprint density at radius 2 is 2.32 bits per heavy atom. The largest absolute Gasteiger partial charge is 0.477 e. The van der Waals surface area contributed by atoms with E-state index in [0.717, 1.165) is 5.92 Å². The van der Waals surface area contributed by atoms with Gasteiger partial charge in [-0.2, -0.15) is 0 Å². The van der Waals surface area contributed by atoms with Crippen molar-refractivity contribution in [3.8, 4) is 5.88 Å². The minimum atomic E-state index is -0.362. The highest BCUT2D eigenvalue weighted by Gasteiger charge is 2.19. The summed E-state index contributed by atoms with van der Waals surface area (Å²) in [5.41, 5.74) is 0.476. The van der Waals surface area contributed by atoms with E-state index in [0.29, 0.717) is 24.0 Å². The van der Waals surface area contributed by atoms with E-state index in [2.05, 4.69) is 16.6 Å². The quantitative estimate of drug-likeness (QED) is 0.783. The van der Waals surface area contributed by atoms with Crippen molar-refractivity contribution in [2.24, 2.45) is 11.8 Å². The molecule has 1 aliphatic carbocycles. The van der Waals surface area contributed by atoms with E-state index >= 15 is 0 Å². The zero-order valence-corrected chi connectivity index (χ0v) is 11.6. The molecule has 0 spiro atoms. The normalized spacial score (nSPS) is 22.8. The summed E-state index contributed by atoms with van der Waals surface area (Å²) in [5, 5.41) is 0. The van der Waals surface area contributed by atoms with E-state index < -0.39 is 0 Å². The molecular formula is C15H21NO3. The van der Waals surface area contributed by atoms with Crippen LogP contribution >= 0.6 is 0 Å². The molecule has 0 N–H and O–H groups in total. The van der Waals surface area contributed by atoms with Crippen molar-refractivity contribution < 1.29 is 14.3 Å². The van der Waals surface area contributed by atoms with E-state index in [4.69, 9.17) is 4.74 Å². The summed E-state index contributed by atoms with van der Waals surface area (Å²) < 4.78 is 10.4. The molecule has 0 saturated heterocycles. The topological polar surface area (TPSA) is 48.4 Å². The van der Waals surface area contributed by atoms with Crippen LogP contribution in [0.3, 0.4) is 0 Å². The minimum absolute atomic E-state index is 0.362. The highest BCUT2D eigenvalue weighted by Crippen LogP contribution is 2.28. The van der Waals surface area contributed by atoms with Gasteiger partial charge in [-0.25, -0.2) is 9.78 Å². The van der Waals surface area contributed by atoms with Crippen molar-refractivity contribution in [3.05, 3.63) is 23.9 Å². The number of methoxy groups -OCH3 is 1. The van der Waals surface area contributed by atoms with Gasteiger partial charge in [0.2, 0.25) is 5.88 Å². The number of rotatable bonds is 4. The molecule has 0 aromatic carbocycles. The van der Waals surface area contributed by atoms with Crippen LogP contribution in [0.25, 0.3) is 0 Å². The van der Waals surface area contributed by atoms with Gasteiger partial charge in [-0.05, 0) is 30.7 Å². The van der Waals surface area contributed by atoms with Gasteiger partial charge in [-0.3, -0.25) is 0 Å². The molecule has 19 heavy (non-hydrogen) atoms. The molecule has 1 saturated carbocycles. The number of hydrogen-bond acceptors (Lipinski definition) is 4. The lowest BCUT2D eigenvalue weighted by Crippen LogP contribution is -2.20.